The number of rotatable bonds is 4. The van der Waals surface area contributed by atoms with E-state index in [2.05, 4.69) is 15.2 Å². The van der Waals surface area contributed by atoms with Crippen LogP contribution >= 0.6 is 0 Å². The number of ether oxygens (including phenoxy) is 1. The predicted octanol–water partition coefficient (Wildman–Crippen LogP) is 2.41. The molecule has 2 fully saturated rings. The van der Waals surface area contributed by atoms with E-state index < -0.39 is 0 Å². The zero-order chi connectivity index (χ0) is 19.3. The summed E-state index contributed by atoms with van der Waals surface area (Å²) in [6.45, 7) is 4.30. The Morgan fingerprint density at radius 3 is 2.29 bits per heavy atom. The summed E-state index contributed by atoms with van der Waals surface area (Å²) in [5, 5.41) is 2.86. The number of nitrogens with zero attached hydrogens (tertiary/aromatic N) is 3. The molecule has 0 saturated carbocycles. The van der Waals surface area contributed by atoms with Crippen LogP contribution < -0.4 is 10.2 Å². The molecule has 7 nitrogen and oxygen atoms in total. The van der Waals surface area contributed by atoms with E-state index in [-0.39, 0.29) is 23.2 Å². The van der Waals surface area contributed by atoms with Crippen molar-refractivity contribution >= 4 is 23.2 Å². The van der Waals surface area contributed by atoms with E-state index in [1.165, 1.54) is 18.5 Å². The SMILES string of the molecule is O=C(Nc1ccc(N2CCCC2)cc1)c1cccc(C(=O)N2CCOCC2)n1. The fourth-order valence-electron chi connectivity index (χ4n) is 3.53. The summed E-state index contributed by atoms with van der Waals surface area (Å²) in [5.41, 5.74) is 2.38. The van der Waals surface area contributed by atoms with Crippen LogP contribution in [0.1, 0.15) is 33.8 Å². The fourth-order valence-corrected chi connectivity index (χ4v) is 3.53. The van der Waals surface area contributed by atoms with Crippen molar-refractivity contribution in [2.24, 2.45) is 0 Å². The fraction of sp³-hybridized carbons (Fsp3) is 0.381. The van der Waals surface area contributed by atoms with Crippen molar-refractivity contribution < 1.29 is 14.3 Å². The van der Waals surface area contributed by atoms with Crippen LogP contribution in [0, 0.1) is 0 Å². The number of hydrogen-bond donors (Lipinski definition) is 1. The maximum atomic E-state index is 12.6. The molecule has 146 valence electrons. The standard InChI is InChI=1S/C21H24N4O3/c26-20(22-16-6-8-17(9-7-16)24-10-1-2-11-24)18-4-3-5-19(23-18)21(27)25-12-14-28-15-13-25/h3-9H,1-2,10-15H2,(H,22,26). The normalized spacial score (nSPS) is 16.9. The van der Waals surface area contributed by atoms with Gasteiger partial charge in [-0.1, -0.05) is 6.07 Å². The van der Waals surface area contributed by atoms with E-state index in [0.29, 0.717) is 32.0 Å². The summed E-state index contributed by atoms with van der Waals surface area (Å²) in [6.07, 6.45) is 2.45. The summed E-state index contributed by atoms with van der Waals surface area (Å²) in [4.78, 5) is 33.5. The van der Waals surface area contributed by atoms with Crippen molar-refractivity contribution in [1.29, 1.82) is 0 Å². The molecule has 2 aliphatic rings. The smallest absolute Gasteiger partial charge is 0.274 e. The van der Waals surface area contributed by atoms with Gasteiger partial charge in [-0.15, -0.1) is 0 Å². The third-order valence-electron chi connectivity index (χ3n) is 5.10. The molecule has 7 heteroatoms. The van der Waals surface area contributed by atoms with E-state index in [0.717, 1.165) is 13.1 Å². The van der Waals surface area contributed by atoms with Crippen LogP contribution in [0.5, 0.6) is 0 Å². The molecule has 0 bridgehead atoms. The number of amides is 2. The Hall–Kier alpha value is -2.93. The summed E-state index contributed by atoms with van der Waals surface area (Å²) >= 11 is 0. The van der Waals surface area contributed by atoms with Crippen molar-refractivity contribution in [3.8, 4) is 0 Å². The van der Waals surface area contributed by atoms with E-state index in [1.807, 2.05) is 24.3 Å². The van der Waals surface area contributed by atoms with Crippen molar-refractivity contribution in [3.05, 3.63) is 53.9 Å². The van der Waals surface area contributed by atoms with Crippen LogP contribution in [0.15, 0.2) is 42.5 Å². The quantitative estimate of drug-likeness (QED) is 0.882. The van der Waals surface area contributed by atoms with Gasteiger partial charge in [-0.25, -0.2) is 4.98 Å². The summed E-state index contributed by atoms with van der Waals surface area (Å²) in [7, 11) is 0. The second kappa shape index (κ2) is 8.39. The monoisotopic (exact) mass is 380 g/mol. The van der Waals surface area contributed by atoms with E-state index in [1.54, 1.807) is 23.1 Å². The minimum atomic E-state index is -0.328. The molecule has 0 radical (unpaired) electrons. The van der Waals surface area contributed by atoms with Gasteiger partial charge in [0.2, 0.25) is 0 Å². The van der Waals surface area contributed by atoms with Crippen molar-refractivity contribution in [2.75, 3.05) is 49.6 Å². The Morgan fingerprint density at radius 1 is 0.893 bits per heavy atom. The molecule has 2 saturated heterocycles. The van der Waals surface area contributed by atoms with Gasteiger partial charge in [-0.3, -0.25) is 9.59 Å². The topological polar surface area (TPSA) is 74.8 Å². The number of nitrogens with one attached hydrogen (secondary N) is 1. The number of benzene rings is 1. The first kappa shape index (κ1) is 18.4. The van der Waals surface area contributed by atoms with Gasteiger partial charge in [0.1, 0.15) is 11.4 Å². The average Bonchev–Trinajstić information content (AvgIpc) is 3.29. The highest BCUT2D eigenvalue weighted by molar-refractivity contribution is 6.04. The lowest BCUT2D eigenvalue weighted by Gasteiger charge is -2.26. The average molecular weight is 380 g/mol. The molecule has 3 heterocycles. The Kier molecular flexibility index (Phi) is 5.53. The number of pyridine rings is 1. The molecule has 0 atom stereocenters. The molecule has 2 aliphatic heterocycles. The molecular formula is C21H24N4O3. The van der Waals surface area contributed by atoms with Crippen LogP contribution in [0.25, 0.3) is 0 Å². The second-order valence-electron chi connectivity index (χ2n) is 7.01. The van der Waals surface area contributed by atoms with Crippen LogP contribution in [0.4, 0.5) is 11.4 Å². The number of anilines is 2. The van der Waals surface area contributed by atoms with E-state index in [9.17, 15) is 9.59 Å². The van der Waals surface area contributed by atoms with Gasteiger partial charge in [0.25, 0.3) is 11.8 Å². The van der Waals surface area contributed by atoms with Crippen LogP contribution in [0.2, 0.25) is 0 Å². The highest BCUT2D eigenvalue weighted by atomic mass is 16.5. The third kappa shape index (κ3) is 4.14. The van der Waals surface area contributed by atoms with Crippen molar-refractivity contribution in [2.45, 2.75) is 12.8 Å². The Bertz CT molecular complexity index is 841. The Labute approximate surface area is 164 Å². The molecule has 4 rings (SSSR count). The summed E-state index contributed by atoms with van der Waals surface area (Å²) in [6, 6.07) is 12.8. The van der Waals surface area contributed by atoms with Gasteiger partial charge in [-0.2, -0.15) is 0 Å². The minimum Gasteiger partial charge on any atom is -0.378 e. The zero-order valence-electron chi connectivity index (χ0n) is 15.8. The highest BCUT2D eigenvalue weighted by Gasteiger charge is 2.21. The molecule has 0 aliphatic carbocycles. The highest BCUT2D eigenvalue weighted by Crippen LogP contribution is 2.22. The van der Waals surface area contributed by atoms with Gasteiger partial charge in [0, 0.05) is 37.6 Å². The zero-order valence-corrected chi connectivity index (χ0v) is 15.8. The first-order chi connectivity index (χ1) is 13.7. The number of aromatic nitrogens is 1. The lowest BCUT2D eigenvalue weighted by Crippen LogP contribution is -2.41. The van der Waals surface area contributed by atoms with Gasteiger partial charge in [0.15, 0.2) is 0 Å². The molecule has 28 heavy (non-hydrogen) atoms. The summed E-state index contributed by atoms with van der Waals surface area (Å²) < 4.78 is 5.27. The number of morpholine rings is 1. The largest absolute Gasteiger partial charge is 0.378 e. The minimum absolute atomic E-state index is 0.173. The molecule has 2 amide bonds. The molecule has 0 unspecified atom stereocenters. The number of carbonyl (C=O) groups is 2. The predicted molar refractivity (Wildman–Crippen MR) is 107 cm³/mol. The molecule has 1 aromatic carbocycles. The maximum Gasteiger partial charge on any atom is 0.274 e. The van der Waals surface area contributed by atoms with E-state index >= 15 is 0 Å². The van der Waals surface area contributed by atoms with Crippen LogP contribution in [-0.4, -0.2) is 61.1 Å². The molecule has 1 N–H and O–H groups in total. The number of hydrogen-bond acceptors (Lipinski definition) is 5. The van der Waals surface area contributed by atoms with Crippen molar-refractivity contribution in [3.63, 3.8) is 0 Å². The first-order valence-corrected chi connectivity index (χ1v) is 9.71. The van der Waals surface area contributed by atoms with Gasteiger partial charge in [0.05, 0.1) is 13.2 Å². The van der Waals surface area contributed by atoms with Gasteiger partial charge < -0.3 is 19.9 Å². The van der Waals surface area contributed by atoms with Crippen molar-refractivity contribution in [1.82, 2.24) is 9.88 Å². The van der Waals surface area contributed by atoms with E-state index in [4.69, 9.17) is 4.74 Å². The molecular weight excluding hydrogens is 356 g/mol. The lowest BCUT2D eigenvalue weighted by molar-refractivity contribution is 0.0299. The molecule has 1 aromatic heterocycles. The summed E-state index contributed by atoms with van der Waals surface area (Å²) in [5.74, 6) is -0.501. The molecule has 0 spiro atoms. The van der Waals surface area contributed by atoms with Gasteiger partial charge >= 0.3 is 0 Å². The third-order valence-corrected chi connectivity index (χ3v) is 5.10. The Balaban J connectivity index is 1.42. The van der Waals surface area contributed by atoms with Crippen LogP contribution in [0.3, 0.4) is 0 Å². The van der Waals surface area contributed by atoms with Gasteiger partial charge in [-0.05, 0) is 49.2 Å². The maximum absolute atomic E-state index is 12.6. The van der Waals surface area contributed by atoms with Crippen LogP contribution in [-0.2, 0) is 4.74 Å². The second-order valence-corrected chi connectivity index (χ2v) is 7.01. The first-order valence-electron chi connectivity index (χ1n) is 9.71. The lowest BCUT2D eigenvalue weighted by atomic mass is 10.2. The Morgan fingerprint density at radius 2 is 1.57 bits per heavy atom. The number of carbonyl (C=O) groups excluding carboxylic acids is 2. The molecule has 2 aromatic rings.